The van der Waals surface area contributed by atoms with E-state index in [0.717, 1.165) is 16.7 Å². The summed E-state index contributed by atoms with van der Waals surface area (Å²) >= 11 is 0. The fourth-order valence-electron chi connectivity index (χ4n) is 2.49. The van der Waals surface area contributed by atoms with Gasteiger partial charge in [-0.1, -0.05) is 26.0 Å². The van der Waals surface area contributed by atoms with Crippen molar-refractivity contribution in [2.45, 2.75) is 38.0 Å². The number of methoxy groups -OCH3 is 1. The van der Waals surface area contributed by atoms with E-state index in [1.165, 1.54) is 19.2 Å². The van der Waals surface area contributed by atoms with Gasteiger partial charge in [-0.25, -0.2) is 17.5 Å². The summed E-state index contributed by atoms with van der Waals surface area (Å²) in [5.74, 6) is -0.00446. The summed E-state index contributed by atoms with van der Waals surface area (Å²) in [6.45, 7) is 7.74. The quantitative estimate of drug-likeness (QED) is 0.849. The summed E-state index contributed by atoms with van der Waals surface area (Å²) in [5.41, 5.74) is 2.19. The molecule has 0 heterocycles. The summed E-state index contributed by atoms with van der Waals surface area (Å²) in [7, 11) is -2.29. The van der Waals surface area contributed by atoms with E-state index in [4.69, 9.17) is 4.74 Å². The topological polar surface area (TPSA) is 55.4 Å². The van der Waals surface area contributed by atoms with Crippen LogP contribution in [0.15, 0.2) is 41.3 Å². The van der Waals surface area contributed by atoms with Gasteiger partial charge in [-0.3, -0.25) is 0 Å². The van der Waals surface area contributed by atoms with Crippen LogP contribution in [0, 0.1) is 19.7 Å². The normalized spacial score (nSPS) is 12.2. The van der Waals surface area contributed by atoms with Crippen molar-refractivity contribution in [2.24, 2.45) is 0 Å². The highest BCUT2D eigenvalue weighted by molar-refractivity contribution is 7.89. The number of hydrogen-bond acceptors (Lipinski definition) is 3. The van der Waals surface area contributed by atoms with Crippen LogP contribution in [0.25, 0.3) is 0 Å². The van der Waals surface area contributed by atoms with Crippen molar-refractivity contribution in [3.05, 3.63) is 58.9 Å². The molecule has 0 amide bonds. The molecular formula is C19H24FNO3S. The molecule has 0 aromatic heterocycles. The zero-order valence-electron chi connectivity index (χ0n) is 15.2. The molecule has 6 heteroatoms. The Balaban J connectivity index is 2.27. The molecule has 0 saturated carbocycles. The number of rotatable bonds is 6. The Morgan fingerprint density at radius 1 is 1.08 bits per heavy atom. The molecule has 0 fully saturated rings. The standard InChI is InChI=1S/C19H24FNO3S/c1-13-10-17(24-5)18(11-14(13)2)25(22,23)21-12-19(3,4)15-6-8-16(20)9-7-15/h6-11,21H,12H2,1-5H3. The van der Waals surface area contributed by atoms with Gasteiger partial charge in [0.15, 0.2) is 0 Å². The van der Waals surface area contributed by atoms with Crippen molar-refractivity contribution < 1.29 is 17.5 Å². The van der Waals surface area contributed by atoms with Gasteiger partial charge < -0.3 is 4.74 Å². The van der Waals surface area contributed by atoms with Crippen molar-refractivity contribution in [2.75, 3.05) is 13.7 Å². The van der Waals surface area contributed by atoms with Crippen LogP contribution in [0.1, 0.15) is 30.5 Å². The summed E-state index contributed by atoms with van der Waals surface area (Å²) in [6, 6.07) is 9.41. The molecule has 1 N–H and O–H groups in total. The van der Waals surface area contributed by atoms with Crippen LogP contribution in [0.2, 0.25) is 0 Å². The third-order valence-corrected chi connectivity index (χ3v) is 5.82. The first-order chi connectivity index (χ1) is 11.6. The highest BCUT2D eigenvalue weighted by atomic mass is 32.2. The lowest BCUT2D eigenvalue weighted by Crippen LogP contribution is -2.36. The van der Waals surface area contributed by atoms with Crippen LogP contribution < -0.4 is 9.46 Å². The van der Waals surface area contributed by atoms with E-state index in [9.17, 15) is 12.8 Å². The predicted octanol–water partition coefficient (Wildman–Crippen LogP) is 3.71. The minimum absolute atomic E-state index is 0.119. The zero-order chi connectivity index (χ0) is 18.8. The summed E-state index contributed by atoms with van der Waals surface area (Å²) < 4.78 is 46.5. The summed E-state index contributed by atoms with van der Waals surface area (Å²) in [6.07, 6.45) is 0. The van der Waals surface area contributed by atoms with Crippen LogP contribution in [0.3, 0.4) is 0 Å². The Hall–Kier alpha value is -1.92. The van der Waals surface area contributed by atoms with Crippen LogP contribution in [-0.2, 0) is 15.4 Å². The lowest BCUT2D eigenvalue weighted by molar-refractivity contribution is 0.401. The minimum atomic E-state index is -3.74. The van der Waals surface area contributed by atoms with E-state index in [-0.39, 0.29) is 17.3 Å². The minimum Gasteiger partial charge on any atom is -0.495 e. The molecule has 136 valence electrons. The average molecular weight is 365 g/mol. The van der Waals surface area contributed by atoms with Gasteiger partial charge in [-0.15, -0.1) is 0 Å². The fraction of sp³-hybridized carbons (Fsp3) is 0.368. The van der Waals surface area contributed by atoms with Gasteiger partial charge in [-0.2, -0.15) is 0 Å². The maximum Gasteiger partial charge on any atom is 0.244 e. The Labute approximate surface area is 149 Å². The molecule has 0 aliphatic heterocycles. The lowest BCUT2D eigenvalue weighted by Gasteiger charge is -2.26. The van der Waals surface area contributed by atoms with Crippen LogP contribution in [0.5, 0.6) is 5.75 Å². The molecule has 0 aliphatic carbocycles. The van der Waals surface area contributed by atoms with Gasteiger partial charge in [0, 0.05) is 12.0 Å². The Morgan fingerprint density at radius 3 is 2.20 bits per heavy atom. The molecule has 2 aromatic rings. The molecule has 2 rings (SSSR count). The first-order valence-corrected chi connectivity index (χ1v) is 9.46. The second kappa shape index (κ2) is 7.14. The number of nitrogens with one attached hydrogen (secondary N) is 1. The number of aryl methyl sites for hydroxylation is 2. The lowest BCUT2D eigenvalue weighted by atomic mass is 9.85. The van der Waals surface area contributed by atoms with E-state index < -0.39 is 15.4 Å². The van der Waals surface area contributed by atoms with Crippen molar-refractivity contribution in [1.29, 1.82) is 0 Å². The van der Waals surface area contributed by atoms with Crippen LogP contribution >= 0.6 is 0 Å². The van der Waals surface area contributed by atoms with Gasteiger partial charge in [0.2, 0.25) is 10.0 Å². The summed E-state index contributed by atoms with van der Waals surface area (Å²) in [5, 5.41) is 0. The molecule has 0 bridgehead atoms. The molecule has 2 aromatic carbocycles. The first kappa shape index (κ1) is 19.4. The highest BCUT2D eigenvalue weighted by Gasteiger charge is 2.26. The van der Waals surface area contributed by atoms with Crippen molar-refractivity contribution in [3.8, 4) is 5.75 Å². The van der Waals surface area contributed by atoms with Gasteiger partial charge in [0.25, 0.3) is 0 Å². The maximum atomic E-state index is 13.1. The van der Waals surface area contributed by atoms with Crippen LogP contribution in [0.4, 0.5) is 4.39 Å². The number of ether oxygens (including phenoxy) is 1. The summed E-state index contributed by atoms with van der Waals surface area (Å²) in [4.78, 5) is 0.119. The van der Waals surface area contributed by atoms with Gasteiger partial charge in [-0.05, 0) is 54.8 Å². The number of benzene rings is 2. The molecule has 0 saturated heterocycles. The van der Waals surface area contributed by atoms with E-state index in [0.29, 0.717) is 5.75 Å². The third-order valence-electron chi connectivity index (χ3n) is 4.40. The molecular weight excluding hydrogens is 341 g/mol. The largest absolute Gasteiger partial charge is 0.495 e. The fourth-order valence-corrected chi connectivity index (χ4v) is 3.93. The number of sulfonamides is 1. The maximum absolute atomic E-state index is 13.1. The monoisotopic (exact) mass is 365 g/mol. The number of hydrogen-bond donors (Lipinski definition) is 1. The number of halogens is 1. The van der Waals surface area contributed by atoms with E-state index in [2.05, 4.69) is 4.72 Å². The highest BCUT2D eigenvalue weighted by Crippen LogP contribution is 2.28. The zero-order valence-corrected chi connectivity index (χ0v) is 16.0. The van der Waals surface area contributed by atoms with Crippen molar-refractivity contribution >= 4 is 10.0 Å². The second-order valence-corrected chi connectivity index (χ2v) is 8.54. The molecule has 0 aliphatic rings. The Kier molecular flexibility index (Phi) is 5.54. The van der Waals surface area contributed by atoms with Crippen LogP contribution in [-0.4, -0.2) is 22.1 Å². The average Bonchev–Trinajstić information content (AvgIpc) is 2.55. The first-order valence-electron chi connectivity index (χ1n) is 7.98. The molecule has 0 spiro atoms. The smallest absolute Gasteiger partial charge is 0.244 e. The van der Waals surface area contributed by atoms with E-state index in [1.54, 1.807) is 24.3 Å². The van der Waals surface area contributed by atoms with Gasteiger partial charge in [0.1, 0.15) is 16.5 Å². The second-order valence-electron chi connectivity index (χ2n) is 6.80. The van der Waals surface area contributed by atoms with Gasteiger partial charge >= 0.3 is 0 Å². The molecule has 25 heavy (non-hydrogen) atoms. The SMILES string of the molecule is COc1cc(C)c(C)cc1S(=O)(=O)NCC(C)(C)c1ccc(F)cc1. The molecule has 4 nitrogen and oxygen atoms in total. The van der Waals surface area contributed by atoms with E-state index in [1.807, 2.05) is 27.7 Å². The molecule has 0 radical (unpaired) electrons. The molecule has 0 unspecified atom stereocenters. The third kappa shape index (κ3) is 4.38. The van der Waals surface area contributed by atoms with Gasteiger partial charge in [0.05, 0.1) is 7.11 Å². The van der Waals surface area contributed by atoms with E-state index >= 15 is 0 Å². The van der Waals surface area contributed by atoms with Crippen molar-refractivity contribution in [1.82, 2.24) is 4.72 Å². The Morgan fingerprint density at radius 2 is 1.64 bits per heavy atom. The predicted molar refractivity (Wildman–Crippen MR) is 97.1 cm³/mol. The van der Waals surface area contributed by atoms with Crippen molar-refractivity contribution in [3.63, 3.8) is 0 Å². The molecule has 0 atom stereocenters. The Bertz CT molecular complexity index is 859.